The highest BCUT2D eigenvalue weighted by molar-refractivity contribution is 9.10. The zero-order valence-electron chi connectivity index (χ0n) is 10.7. The van der Waals surface area contributed by atoms with Crippen LogP contribution in [0.2, 0.25) is 0 Å². The molecule has 2 N–H and O–H groups in total. The molecular formula is C13H12BrN3O2S. The zero-order valence-corrected chi connectivity index (χ0v) is 13.1. The highest BCUT2D eigenvalue weighted by atomic mass is 79.9. The van der Waals surface area contributed by atoms with Gasteiger partial charge in [-0.1, -0.05) is 0 Å². The van der Waals surface area contributed by atoms with Crippen LogP contribution in [0.15, 0.2) is 45.1 Å². The Morgan fingerprint density at radius 3 is 3.00 bits per heavy atom. The lowest BCUT2D eigenvalue weighted by Crippen LogP contribution is -2.08. The molecule has 0 saturated heterocycles. The Hall–Kier alpha value is -1.60. The SMILES string of the molecule is CCOC(=O)c1cc(Sc2ncccc2Br)ncc1N. The second-order valence-corrected chi connectivity index (χ2v) is 5.59. The van der Waals surface area contributed by atoms with Crippen LogP contribution in [-0.4, -0.2) is 22.5 Å². The molecule has 0 radical (unpaired) electrons. The minimum Gasteiger partial charge on any atom is -0.462 e. The van der Waals surface area contributed by atoms with Gasteiger partial charge in [-0.05, 0) is 52.8 Å². The van der Waals surface area contributed by atoms with E-state index in [4.69, 9.17) is 10.5 Å². The van der Waals surface area contributed by atoms with Crippen LogP contribution in [0.4, 0.5) is 5.69 Å². The first-order chi connectivity index (χ1) is 9.61. The van der Waals surface area contributed by atoms with Gasteiger partial charge < -0.3 is 10.5 Å². The number of hydrogen-bond acceptors (Lipinski definition) is 6. The van der Waals surface area contributed by atoms with E-state index in [0.717, 1.165) is 9.50 Å². The van der Waals surface area contributed by atoms with E-state index in [2.05, 4.69) is 25.9 Å². The summed E-state index contributed by atoms with van der Waals surface area (Å²) in [5, 5.41) is 1.39. The monoisotopic (exact) mass is 353 g/mol. The number of ether oxygens (including phenoxy) is 1. The number of carbonyl (C=O) groups excluding carboxylic acids is 1. The molecule has 2 rings (SSSR count). The number of carbonyl (C=O) groups is 1. The van der Waals surface area contributed by atoms with E-state index in [-0.39, 0.29) is 0 Å². The normalized spacial score (nSPS) is 10.3. The van der Waals surface area contributed by atoms with Crippen molar-refractivity contribution in [2.45, 2.75) is 17.0 Å². The number of pyridine rings is 2. The Balaban J connectivity index is 2.28. The van der Waals surface area contributed by atoms with Crippen molar-refractivity contribution in [3.8, 4) is 0 Å². The molecule has 0 aliphatic rings. The average molecular weight is 354 g/mol. The molecule has 5 nitrogen and oxygen atoms in total. The fourth-order valence-electron chi connectivity index (χ4n) is 1.43. The van der Waals surface area contributed by atoms with Crippen LogP contribution in [0.3, 0.4) is 0 Å². The molecule has 20 heavy (non-hydrogen) atoms. The van der Waals surface area contributed by atoms with Crippen molar-refractivity contribution in [1.29, 1.82) is 0 Å². The van der Waals surface area contributed by atoms with Gasteiger partial charge in [0, 0.05) is 6.20 Å². The summed E-state index contributed by atoms with van der Waals surface area (Å²) in [6.45, 7) is 2.05. The van der Waals surface area contributed by atoms with Crippen LogP contribution >= 0.6 is 27.7 Å². The first-order valence-electron chi connectivity index (χ1n) is 5.82. The third-order valence-electron chi connectivity index (χ3n) is 2.33. The lowest BCUT2D eigenvalue weighted by atomic mass is 10.2. The van der Waals surface area contributed by atoms with Gasteiger partial charge in [-0.3, -0.25) is 0 Å². The van der Waals surface area contributed by atoms with Gasteiger partial charge in [-0.2, -0.15) is 0 Å². The molecule has 2 aromatic rings. The number of hydrogen-bond donors (Lipinski definition) is 1. The van der Waals surface area contributed by atoms with E-state index in [0.29, 0.717) is 22.9 Å². The summed E-state index contributed by atoms with van der Waals surface area (Å²) in [6, 6.07) is 5.33. The number of nitrogen functional groups attached to an aromatic ring is 1. The van der Waals surface area contributed by atoms with Gasteiger partial charge in [0.1, 0.15) is 10.1 Å². The fourth-order valence-corrected chi connectivity index (χ4v) is 2.69. The molecular weight excluding hydrogens is 342 g/mol. The molecule has 0 saturated carbocycles. The minimum atomic E-state index is -0.450. The molecule has 0 bridgehead atoms. The molecule has 104 valence electrons. The van der Waals surface area contributed by atoms with E-state index < -0.39 is 5.97 Å². The van der Waals surface area contributed by atoms with Gasteiger partial charge in [0.25, 0.3) is 0 Å². The van der Waals surface area contributed by atoms with Crippen LogP contribution in [0.25, 0.3) is 0 Å². The third kappa shape index (κ3) is 3.49. The van der Waals surface area contributed by atoms with Gasteiger partial charge in [-0.15, -0.1) is 0 Å². The molecule has 0 aliphatic heterocycles. The molecule has 0 amide bonds. The van der Waals surface area contributed by atoms with Crippen LogP contribution in [-0.2, 0) is 4.74 Å². The van der Waals surface area contributed by atoms with Crippen molar-refractivity contribution in [2.75, 3.05) is 12.3 Å². The van der Waals surface area contributed by atoms with Gasteiger partial charge in [-0.25, -0.2) is 14.8 Å². The Bertz CT molecular complexity index is 637. The molecule has 0 aromatic carbocycles. The standard InChI is InChI=1S/C13H12BrN3O2S/c1-2-19-13(18)8-6-11(17-7-10(8)15)20-12-9(14)4-3-5-16-12/h3-7H,2,15H2,1H3. The van der Waals surface area contributed by atoms with Crippen molar-refractivity contribution >= 4 is 39.3 Å². The van der Waals surface area contributed by atoms with Gasteiger partial charge in [0.2, 0.25) is 0 Å². The van der Waals surface area contributed by atoms with Gasteiger partial charge in [0.15, 0.2) is 0 Å². The van der Waals surface area contributed by atoms with E-state index in [1.807, 2.05) is 12.1 Å². The summed E-state index contributed by atoms with van der Waals surface area (Å²) in [6.07, 6.45) is 3.14. The van der Waals surface area contributed by atoms with Crippen molar-refractivity contribution in [3.63, 3.8) is 0 Å². The number of halogens is 1. The summed E-state index contributed by atoms with van der Waals surface area (Å²) >= 11 is 4.75. The molecule has 0 atom stereocenters. The van der Waals surface area contributed by atoms with Gasteiger partial charge >= 0.3 is 5.97 Å². The van der Waals surface area contributed by atoms with E-state index >= 15 is 0 Å². The number of esters is 1. The summed E-state index contributed by atoms with van der Waals surface area (Å²) < 4.78 is 5.82. The highest BCUT2D eigenvalue weighted by Crippen LogP contribution is 2.31. The Kier molecular flexibility index (Phi) is 4.97. The maximum absolute atomic E-state index is 11.8. The molecule has 2 heterocycles. The Morgan fingerprint density at radius 1 is 1.50 bits per heavy atom. The number of aromatic nitrogens is 2. The lowest BCUT2D eigenvalue weighted by molar-refractivity contribution is 0.0527. The largest absolute Gasteiger partial charge is 0.462 e. The average Bonchev–Trinajstić information content (AvgIpc) is 2.43. The zero-order chi connectivity index (χ0) is 14.5. The smallest absolute Gasteiger partial charge is 0.340 e. The number of anilines is 1. The van der Waals surface area contributed by atoms with E-state index in [9.17, 15) is 4.79 Å². The molecule has 0 fully saturated rings. The van der Waals surface area contributed by atoms with Crippen molar-refractivity contribution in [2.24, 2.45) is 0 Å². The van der Waals surface area contributed by atoms with E-state index in [1.54, 1.807) is 19.2 Å². The Labute approximate surface area is 129 Å². The first-order valence-corrected chi connectivity index (χ1v) is 7.43. The lowest BCUT2D eigenvalue weighted by Gasteiger charge is -2.07. The van der Waals surface area contributed by atoms with Crippen molar-refractivity contribution in [1.82, 2.24) is 9.97 Å². The second-order valence-electron chi connectivity index (χ2n) is 3.72. The second kappa shape index (κ2) is 6.71. The fraction of sp³-hybridized carbons (Fsp3) is 0.154. The van der Waals surface area contributed by atoms with Crippen molar-refractivity contribution < 1.29 is 9.53 Å². The van der Waals surface area contributed by atoms with Gasteiger partial charge in [0.05, 0.1) is 28.5 Å². The number of nitrogens with zero attached hydrogens (tertiary/aromatic N) is 2. The first kappa shape index (κ1) is 14.8. The summed E-state index contributed by atoms with van der Waals surface area (Å²) in [5.41, 5.74) is 6.36. The minimum absolute atomic E-state index is 0.299. The summed E-state index contributed by atoms with van der Waals surface area (Å²) in [5.74, 6) is -0.450. The molecule has 0 unspecified atom stereocenters. The predicted octanol–water partition coefficient (Wildman–Crippen LogP) is 3.15. The predicted molar refractivity (Wildman–Crippen MR) is 80.7 cm³/mol. The van der Waals surface area contributed by atoms with Crippen LogP contribution < -0.4 is 5.73 Å². The molecule has 7 heteroatoms. The number of nitrogens with two attached hydrogens (primary N) is 1. The molecule has 2 aromatic heterocycles. The van der Waals surface area contributed by atoms with Crippen molar-refractivity contribution in [3.05, 3.63) is 40.6 Å². The third-order valence-corrected chi connectivity index (χ3v) is 4.18. The Morgan fingerprint density at radius 2 is 2.30 bits per heavy atom. The number of rotatable bonds is 4. The topological polar surface area (TPSA) is 78.1 Å². The quantitative estimate of drug-likeness (QED) is 0.850. The molecule has 0 spiro atoms. The maximum atomic E-state index is 11.8. The highest BCUT2D eigenvalue weighted by Gasteiger charge is 2.14. The molecule has 0 aliphatic carbocycles. The summed E-state index contributed by atoms with van der Waals surface area (Å²) in [7, 11) is 0. The van der Waals surface area contributed by atoms with Crippen LogP contribution in [0, 0.1) is 0 Å². The summed E-state index contributed by atoms with van der Waals surface area (Å²) in [4.78, 5) is 20.2. The maximum Gasteiger partial charge on any atom is 0.340 e. The van der Waals surface area contributed by atoms with E-state index in [1.165, 1.54) is 18.0 Å². The van der Waals surface area contributed by atoms with Crippen LogP contribution in [0.5, 0.6) is 0 Å². The van der Waals surface area contributed by atoms with Crippen LogP contribution in [0.1, 0.15) is 17.3 Å².